The Labute approximate surface area is 192 Å². The third-order valence-corrected chi connectivity index (χ3v) is 8.66. The van der Waals surface area contributed by atoms with Crippen molar-refractivity contribution in [1.29, 1.82) is 0 Å². The number of para-hydroxylation sites is 1. The smallest absolute Gasteiger partial charge is 0.330 e. The van der Waals surface area contributed by atoms with Gasteiger partial charge in [-0.15, -0.1) is 0 Å². The topological polar surface area (TPSA) is 45.3 Å². The highest BCUT2D eigenvalue weighted by atomic mass is 19.1. The van der Waals surface area contributed by atoms with Gasteiger partial charge in [-0.2, -0.15) is 0 Å². The Morgan fingerprint density at radius 3 is 2.88 bits per heavy atom. The Balaban J connectivity index is 1.42. The van der Waals surface area contributed by atoms with Gasteiger partial charge in [-0.1, -0.05) is 24.3 Å². The number of hydrogen-bond acceptors (Lipinski definition) is 3. The third-order valence-electron chi connectivity index (χ3n) is 8.66. The summed E-state index contributed by atoms with van der Waals surface area (Å²) in [5.74, 6) is 0.465. The second-order valence-corrected chi connectivity index (χ2v) is 10.3. The van der Waals surface area contributed by atoms with Crippen molar-refractivity contribution < 1.29 is 13.9 Å². The van der Waals surface area contributed by atoms with E-state index < -0.39 is 5.97 Å². The van der Waals surface area contributed by atoms with Gasteiger partial charge in [-0.05, 0) is 73.9 Å². The molecular weight excluding hydrogens is 415 g/mol. The molecule has 3 saturated carbocycles. The molecule has 1 aromatic heterocycles. The van der Waals surface area contributed by atoms with E-state index in [4.69, 9.17) is 4.74 Å². The molecule has 5 aliphatic rings. The number of carbonyl (C=O) groups excluding carboxylic acids is 1. The molecule has 0 radical (unpaired) electrons. The molecule has 1 unspecified atom stereocenters. The summed E-state index contributed by atoms with van der Waals surface area (Å²) in [5, 5.41) is 1.26. The lowest BCUT2D eigenvalue weighted by Crippen LogP contribution is -2.78. The van der Waals surface area contributed by atoms with E-state index in [1.165, 1.54) is 29.9 Å². The minimum atomic E-state index is -0.395. The maximum atomic E-state index is 15.9. The molecule has 2 bridgehead atoms. The van der Waals surface area contributed by atoms with Crippen molar-refractivity contribution in [1.82, 2.24) is 9.88 Å². The average Bonchev–Trinajstić information content (AvgIpc) is 3.10. The number of halogens is 1. The molecule has 3 aromatic rings. The number of hydrogen-bond donors (Lipinski definition) is 1. The molecule has 3 aliphatic carbocycles. The van der Waals surface area contributed by atoms with Crippen molar-refractivity contribution in [3.05, 3.63) is 76.2 Å². The lowest BCUT2D eigenvalue weighted by Gasteiger charge is -2.77. The minimum absolute atomic E-state index is 0.0910. The van der Waals surface area contributed by atoms with Crippen LogP contribution in [0.15, 0.2) is 42.5 Å². The average molecular weight is 443 g/mol. The normalized spacial score (nSPS) is 31.2. The van der Waals surface area contributed by atoms with E-state index in [9.17, 15) is 4.79 Å². The maximum Gasteiger partial charge on any atom is 0.330 e. The molecule has 1 N–H and O–H groups in total. The van der Waals surface area contributed by atoms with Crippen LogP contribution in [0.25, 0.3) is 17.0 Å². The first-order chi connectivity index (χ1) is 16.0. The molecule has 168 valence electrons. The Morgan fingerprint density at radius 2 is 2.12 bits per heavy atom. The molecule has 0 amide bonds. The van der Waals surface area contributed by atoms with Crippen LogP contribution in [0.5, 0.6) is 0 Å². The van der Waals surface area contributed by atoms with Gasteiger partial charge in [-0.3, -0.25) is 4.90 Å². The predicted octanol–water partition coefficient (Wildman–Crippen LogP) is 5.48. The molecule has 4 nitrogen and oxygen atoms in total. The Kier molecular flexibility index (Phi) is 3.89. The number of nitrogens with zero attached hydrogens (tertiary/aromatic N) is 1. The number of fused-ring (bicyclic) bond motifs is 7. The minimum Gasteiger partial charge on any atom is -0.463 e. The Morgan fingerprint density at radius 1 is 1.30 bits per heavy atom. The lowest BCUT2D eigenvalue weighted by molar-refractivity contribution is -0.209. The van der Waals surface area contributed by atoms with Crippen LogP contribution in [-0.4, -0.2) is 34.0 Å². The summed E-state index contributed by atoms with van der Waals surface area (Å²) >= 11 is 0. The molecule has 2 aliphatic heterocycles. The summed E-state index contributed by atoms with van der Waals surface area (Å²) in [5.41, 5.74) is 6.47. The zero-order valence-corrected chi connectivity index (χ0v) is 18.9. The van der Waals surface area contributed by atoms with Crippen molar-refractivity contribution in [2.45, 2.75) is 56.7 Å². The van der Waals surface area contributed by atoms with Gasteiger partial charge >= 0.3 is 5.97 Å². The van der Waals surface area contributed by atoms with Gasteiger partial charge in [0, 0.05) is 45.7 Å². The van der Waals surface area contributed by atoms with Gasteiger partial charge in [0.25, 0.3) is 0 Å². The van der Waals surface area contributed by atoms with E-state index >= 15 is 4.39 Å². The van der Waals surface area contributed by atoms with Crippen LogP contribution in [0, 0.1) is 11.7 Å². The summed E-state index contributed by atoms with van der Waals surface area (Å²) in [7, 11) is 0. The first-order valence-electron chi connectivity index (χ1n) is 12.1. The molecule has 33 heavy (non-hydrogen) atoms. The number of benzene rings is 2. The quantitative estimate of drug-likeness (QED) is 0.432. The van der Waals surface area contributed by atoms with Crippen LogP contribution in [0.3, 0.4) is 0 Å². The SMILES string of the molecule is CCOC(=O)/C=C/c1cc(F)c2c(c1)C1C3CC1(C3)N1[C@H]2c2[nH]c3ccccc3c2C[C@H]1C. The van der Waals surface area contributed by atoms with Crippen LogP contribution >= 0.6 is 0 Å². The molecule has 2 aromatic carbocycles. The summed E-state index contributed by atoms with van der Waals surface area (Å²) in [6, 6.07) is 12.4. The Bertz CT molecular complexity index is 1350. The lowest BCUT2D eigenvalue weighted by atomic mass is 9.37. The zero-order chi connectivity index (χ0) is 22.5. The summed E-state index contributed by atoms with van der Waals surface area (Å²) in [4.78, 5) is 18.1. The fraction of sp³-hybridized carbons (Fsp3) is 0.393. The number of aromatic nitrogens is 1. The van der Waals surface area contributed by atoms with E-state index in [2.05, 4.69) is 47.1 Å². The van der Waals surface area contributed by atoms with Gasteiger partial charge in [-0.25, -0.2) is 9.18 Å². The first kappa shape index (κ1) is 19.5. The number of ether oxygens (including phenoxy) is 1. The number of H-pyrrole nitrogens is 1. The van der Waals surface area contributed by atoms with Crippen LogP contribution in [-0.2, 0) is 16.0 Å². The largest absolute Gasteiger partial charge is 0.463 e. The number of aromatic amines is 1. The molecule has 0 saturated heterocycles. The standard InChI is InChI=1S/C28H27FN2O2/c1-3-33-23(32)9-8-16-11-20-24(21(29)12-16)27-26-19(18-6-4-5-7-22(18)30-26)10-15(2)31(27)28-13-17(14-28)25(20)28/h4-9,11-12,15,17,25,27,30H,3,10,13-14H2,1-2H3/b9-8+/t15-,17?,25?,27-,28?/m1/s1. The van der Waals surface area contributed by atoms with Crippen LogP contribution in [0.2, 0.25) is 0 Å². The van der Waals surface area contributed by atoms with Gasteiger partial charge in [0.15, 0.2) is 0 Å². The van der Waals surface area contributed by atoms with Crippen molar-refractivity contribution in [3.8, 4) is 0 Å². The van der Waals surface area contributed by atoms with Gasteiger partial charge in [0.05, 0.1) is 12.6 Å². The molecule has 8 rings (SSSR count). The van der Waals surface area contributed by atoms with Crippen molar-refractivity contribution in [2.24, 2.45) is 5.92 Å². The molecule has 3 atom stereocenters. The van der Waals surface area contributed by atoms with Crippen LogP contribution in [0.4, 0.5) is 4.39 Å². The monoisotopic (exact) mass is 442 g/mol. The fourth-order valence-electron chi connectivity index (χ4n) is 7.47. The van der Waals surface area contributed by atoms with Gasteiger partial charge in [0.2, 0.25) is 0 Å². The van der Waals surface area contributed by atoms with E-state index in [1.807, 2.05) is 0 Å². The molecule has 3 heterocycles. The van der Waals surface area contributed by atoms with Crippen LogP contribution < -0.4 is 0 Å². The number of esters is 1. The van der Waals surface area contributed by atoms with E-state index in [-0.39, 0.29) is 17.4 Å². The van der Waals surface area contributed by atoms with Crippen molar-refractivity contribution in [2.75, 3.05) is 6.61 Å². The van der Waals surface area contributed by atoms with Gasteiger partial charge < -0.3 is 9.72 Å². The maximum absolute atomic E-state index is 15.9. The fourth-order valence-corrected chi connectivity index (χ4v) is 7.47. The summed E-state index contributed by atoms with van der Waals surface area (Å²) in [6.07, 6.45) is 6.49. The van der Waals surface area contributed by atoms with Gasteiger partial charge in [0.1, 0.15) is 5.82 Å². The molecule has 1 spiro atoms. The Hall–Kier alpha value is -2.92. The highest BCUT2D eigenvalue weighted by Gasteiger charge is 2.73. The van der Waals surface area contributed by atoms with Crippen molar-refractivity contribution >= 4 is 22.9 Å². The third kappa shape index (κ3) is 2.41. The van der Waals surface area contributed by atoms with Crippen LogP contribution in [0.1, 0.15) is 66.6 Å². The van der Waals surface area contributed by atoms with E-state index in [0.29, 0.717) is 24.5 Å². The molecule has 5 heteroatoms. The summed E-state index contributed by atoms with van der Waals surface area (Å²) in [6.45, 7) is 4.42. The predicted molar refractivity (Wildman–Crippen MR) is 125 cm³/mol. The number of nitrogens with one attached hydrogen (secondary N) is 1. The van der Waals surface area contributed by atoms with E-state index in [0.717, 1.165) is 34.3 Å². The highest BCUT2D eigenvalue weighted by Crippen LogP contribution is 2.75. The summed E-state index contributed by atoms with van der Waals surface area (Å²) < 4.78 is 20.9. The second-order valence-electron chi connectivity index (χ2n) is 10.3. The second kappa shape index (κ2) is 6.57. The first-order valence-corrected chi connectivity index (χ1v) is 12.1. The molecular formula is C28H27FN2O2. The number of rotatable bonds is 3. The number of carbonyl (C=O) groups is 1. The highest BCUT2D eigenvalue weighted by molar-refractivity contribution is 5.87. The zero-order valence-electron chi connectivity index (χ0n) is 18.9. The molecule has 3 fully saturated rings. The van der Waals surface area contributed by atoms with Crippen molar-refractivity contribution in [3.63, 3.8) is 0 Å². The van der Waals surface area contributed by atoms with E-state index in [1.54, 1.807) is 19.1 Å².